The first-order valence-corrected chi connectivity index (χ1v) is 7.74. The Morgan fingerprint density at radius 3 is 2.95 bits per heavy atom. The van der Waals surface area contributed by atoms with Gasteiger partial charge >= 0.3 is 0 Å². The minimum atomic E-state index is 0.732. The molecule has 1 saturated heterocycles. The monoisotopic (exact) mass is 267 g/mol. The second-order valence-corrected chi connectivity index (χ2v) is 6.17. The van der Waals surface area contributed by atoms with Crippen molar-refractivity contribution in [1.29, 1.82) is 0 Å². The van der Waals surface area contributed by atoms with Crippen molar-refractivity contribution in [2.45, 2.75) is 38.1 Å². The lowest BCUT2D eigenvalue weighted by atomic mass is 9.91. The van der Waals surface area contributed by atoms with Crippen LogP contribution >= 0.6 is 0 Å². The molecular weight excluding hydrogens is 246 g/mol. The zero-order chi connectivity index (χ0) is 13.5. The number of nitrogens with zero attached hydrogens (tertiary/aromatic N) is 2. The van der Waals surface area contributed by atoms with E-state index in [0.717, 1.165) is 23.2 Å². The van der Waals surface area contributed by atoms with Gasteiger partial charge in [-0.25, -0.2) is 0 Å². The van der Waals surface area contributed by atoms with E-state index in [9.17, 15) is 0 Å². The van der Waals surface area contributed by atoms with Gasteiger partial charge in [0.05, 0.1) is 11.2 Å². The summed E-state index contributed by atoms with van der Waals surface area (Å²) in [5.41, 5.74) is 9.14. The van der Waals surface area contributed by atoms with Gasteiger partial charge in [-0.05, 0) is 55.9 Å². The average molecular weight is 267 g/mol. The molecular formula is C17H21N3. The fraction of sp³-hybridized carbons (Fsp3) is 0.471. The van der Waals surface area contributed by atoms with E-state index in [-0.39, 0.29) is 0 Å². The maximum Gasteiger partial charge on any atom is 0.0951 e. The number of nitrogen functional groups attached to an aromatic ring is 1. The third-order valence-corrected chi connectivity index (χ3v) is 5.08. The highest BCUT2D eigenvalue weighted by atomic mass is 15.2. The first kappa shape index (κ1) is 12.0. The Kier molecular flexibility index (Phi) is 2.79. The van der Waals surface area contributed by atoms with Crippen LogP contribution in [0.25, 0.3) is 10.9 Å². The fourth-order valence-electron chi connectivity index (χ4n) is 4.18. The Hall–Kier alpha value is -1.77. The molecule has 0 amide bonds. The lowest BCUT2D eigenvalue weighted by Crippen LogP contribution is -2.42. The SMILES string of the molecule is Nc1ccc(N2CCCC3CCCC32)c2cccnc12. The van der Waals surface area contributed by atoms with E-state index in [1.807, 2.05) is 18.3 Å². The van der Waals surface area contributed by atoms with E-state index in [0.29, 0.717) is 0 Å². The van der Waals surface area contributed by atoms with Crippen LogP contribution in [0.4, 0.5) is 11.4 Å². The van der Waals surface area contributed by atoms with Crippen LogP contribution in [0.2, 0.25) is 0 Å². The molecule has 0 radical (unpaired) electrons. The van der Waals surface area contributed by atoms with Gasteiger partial charge < -0.3 is 10.6 Å². The summed E-state index contributed by atoms with van der Waals surface area (Å²) in [6.07, 6.45) is 8.69. The minimum Gasteiger partial charge on any atom is -0.397 e. The first-order chi connectivity index (χ1) is 9.84. The zero-order valence-corrected chi connectivity index (χ0v) is 11.8. The van der Waals surface area contributed by atoms with E-state index in [4.69, 9.17) is 5.73 Å². The Morgan fingerprint density at radius 2 is 2.00 bits per heavy atom. The quantitative estimate of drug-likeness (QED) is 0.803. The highest BCUT2D eigenvalue weighted by Gasteiger charge is 2.35. The van der Waals surface area contributed by atoms with Crippen LogP contribution in [0.15, 0.2) is 30.5 Å². The summed E-state index contributed by atoms with van der Waals surface area (Å²) in [4.78, 5) is 7.10. The van der Waals surface area contributed by atoms with Crippen molar-refractivity contribution in [2.24, 2.45) is 5.92 Å². The van der Waals surface area contributed by atoms with E-state index in [1.54, 1.807) is 0 Å². The second kappa shape index (κ2) is 4.65. The molecule has 3 heteroatoms. The summed E-state index contributed by atoms with van der Waals surface area (Å²) >= 11 is 0. The van der Waals surface area contributed by atoms with Crippen LogP contribution in [-0.4, -0.2) is 17.6 Å². The molecule has 1 aliphatic heterocycles. The summed E-state index contributed by atoms with van der Waals surface area (Å²) in [6, 6.07) is 9.12. The second-order valence-electron chi connectivity index (χ2n) is 6.17. The average Bonchev–Trinajstić information content (AvgIpc) is 2.97. The molecule has 1 aromatic heterocycles. The predicted molar refractivity (Wildman–Crippen MR) is 83.9 cm³/mol. The number of aromatic nitrogens is 1. The van der Waals surface area contributed by atoms with Gasteiger partial charge in [0, 0.05) is 29.9 Å². The van der Waals surface area contributed by atoms with Gasteiger partial charge in [0.2, 0.25) is 0 Å². The predicted octanol–water partition coefficient (Wildman–Crippen LogP) is 3.59. The highest BCUT2D eigenvalue weighted by molar-refractivity contribution is 5.98. The van der Waals surface area contributed by atoms with Crippen molar-refractivity contribution in [3.63, 3.8) is 0 Å². The van der Waals surface area contributed by atoms with Gasteiger partial charge in [0.1, 0.15) is 0 Å². The molecule has 2 fully saturated rings. The lowest BCUT2D eigenvalue weighted by Gasteiger charge is -2.40. The van der Waals surface area contributed by atoms with Crippen molar-refractivity contribution in [3.05, 3.63) is 30.5 Å². The summed E-state index contributed by atoms with van der Waals surface area (Å²) < 4.78 is 0. The Morgan fingerprint density at radius 1 is 1.10 bits per heavy atom. The molecule has 3 nitrogen and oxygen atoms in total. The molecule has 2 heterocycles. The van der Waals surface area contributed by atoms with Crippen LogP contribution in [0.3, 0.4) is 0 Å². The number of rotatable bonds is 1. The van der Waals surface area contributed by atoms with Crippen molar-refractivity contribution in [2.75, 3.05) is 17.2 Å². The largest absolute Gasteiger partial charge is 0.397 e. The van der Waals surface area contributed by atoms with Crippen LogP contribution in [0.1, 0.15) is 32.1 Å². The third kappa shape index (κ3) is 1.76. The third-order valence-electron chi connectivity index (χ3n) is 5.08. The van der Waals surface area contributed by atoms with Crippen LogP contribution in [0, 0.1) is 5.92 Å². The first-order valence-electron chi connectivity index (χ1n) is 7.74. The Bertz CT molecular complexity index is 637. The van der Waals surface area contributed by atoms with Crippen molar-refractivity contribution in [3.8, 4) is 0 Å². The number of hydrogen-bond donors (Lipinski definition) is 1. The minimum absolute atomic E-state index is 0.732. The number of pyridine rings is 1. The van der Waals surface area contributed by atoms with Gasteiger partial charge in [-0.3, -0.25) is 4.98 Å². The van der Waals surface area contributed by atoms with Gasteiger partial charge in [-0.15, -0.1) is 0 Å². The van der Waals surface area contributed by atoms with Gasteiger partial charge in [0.15, 0.2) is 0 Å². The van der Waals surface area contributed by atoms with Crippen LogP contribution < -0.4 is 10.6 Å². The standard InChI is InChI=1S/C17H21N3/c18-14-8-9-16(13-6-2-10-19-17(13)14)20-11-3-5-12-4-1-7-15(12)20/h2,6,8-10,12,15H,1,3-5,7,11,18H2. The molecule has 2 unspecified atom stereocenters. The Labute approximate surface area is 119 Å². The van der Waals surface area contributed by atoms with Crippen LogP contribution in [-0.2, 0) is 0 Å². The molecule has 2 atom stereocenters. The number of nitrogens with two attached hydrogens (primary N) is 1. The molecule has 20 heavy (non-hydrogen) atoms. The molecule has 1 saturated carbocycles. The molecule has 2 aromatic rings. The summed E-state index contributed by atoms with van der Waals surface area (Å²) in [5.74, 6) is 0.896. The van der Waals surface area contributed by atoms with Gasteiger partial charge in [0.25, 0.3) is 0 Å². The lowest BCUT2D eigenvalue weighted by molar-refractivity contribution is 0.363. The summed E-state index contributed by atoms with van der Waals surface area (Å²) in [7, 11) is 0. The number of anilines is 2. The van der Waals surface area contributed by atoms with Gasteiger partial charge in [-0.1, -0.05) is 6.42 Å². The van der Waals surface area contributed by atoms with E-state index >= 15 is 0 Å². The molecule has 1 aromatic carbocycles. The van der Waals surface area contributed by atoms with E-state index in [2.05, 4.69) is 22.0 Å². The van der Waals surface area contributed by atoms with Crippen molar-refractivity contribution < 1.29 is 0 Å². The smallest absolute Gasteiger partial charge is 0.0951 e. The van der Waals surface area contributed by atoms with E-state index in [1.165, 1.54) is 49.7 Å². The number of benzene rings is 1. The van der Waals surface area contributed by atoms with Gasteiger partial charge in [-0.2, -0.15) is 0 Å². The molecule has 1 aliphatic carbocycles. The number of fused-ring (bicyclic) bond motifs is 2. The summed E-state index contributed by atoms with van der Waals surface area (Å²) in [5, 5.41) is 1.21. The molecule has 0 spiro atoms. The highest BCUT2D eigenvalue weighted by Crippen LogP contribution is 2.41. The summed E-state index contributed by atoms with van der Waals surface area (Å²) in [6.45, 7) is 1.18. The maximum absolute atomic E-state index is 6.08. The topological polar surface area (TPSA) is 42.1 Å². The fourth-order valence-corrected chi connectivity index (χ4v) is 4.18. The van der Waals surface area contributed by atoms with Crippen molar-refractivity contribution >= 4 is 22.3 Å². The number of piperidine rings is 1. The van der Waals surface area contributed by atoms with E-state index < -0.39 is 0 Å². The molecule has 2 aliphatic rings. The zero-order valence-electron chi connectivity index (χ0n) is 11.8. The number of hydrogen-bond acceptors (Lipinski definition) is 3. The maximum atomic E-state index is 6.08. The molecule has 4 rings (SSSR count). The van der Waals surface area contributed by atoms with Crippen molar-refractivity contribution in [1.82, 2.24) is 4.98 Å². The molecule has 0 bridgehead atoms. The van der Waals surface area contributed by atoms with Crippen LogP contribution in [0.5, 0.6) is 0 Å². The Balaban J connectivity index is 1.83. The normalized spacial score (nSPS) is 25.9. The molecule has 104 valence electrons. The molecule has 2 N–H and O–H groups in total.